The maximum Gasteiger partial charge on any atom is 0.262 e. The quantitative estimate of drug-likeness (QED) is 0.219. The summed E-state index contributed by atoms with van der Waals surface area (Å²) < 4.78 is 16.4. The number of benzene rings is 2. The highest BCUT2D eigenvalue weighted by Gasteiger charge is 2.21. The molecule has 0 aliphatic carbocycles. The van der Waals surface area contributed by atoms with Crippen molar-refractivity contribution in [2.45, 2.75) is 6.54 Å². The minimum absolute atomic E-state index is 0. The van der Waals surface area contributed by atoms with Gasteiger partial charge in [-0.2, -0.15) is 0 Å². The summed E-state index contributed by atoms with van der Waals surface area (Å²) >= 11 is 0. The minimum atomic E-state index is -0.751. The molecule has 2 aromatic rings. The molecule has 0 radical (unpaired) electrons. The number of nitrogens with zero attached hydrogens (tertiary/aromatic N) is 4. The second-order valence-corrected chi connectivity index (χ2v) is 7.72. The fourth-order valence-electron chi connectivity index (χ4n) is 3.75. The Hall–Kier alpha value is -3.61. The lowest BCUT2D eigenvalue weighted by Gasteiger charge is -2.34. The molecule has 1 fully saturated rings. The summed E-state index contributed by atoms with van der Waals surface area (Å²) in [6, 6.07) is 12.3. The normalized spacial score (nSPS) is 14.4. The van der Waals surface area contributed by atoms with E-state index in [2.05, 4.69) is 20.1 Å². The standard InChI is InChI=1S/C23H30N6O6.ClH/c1-33-19-10-9-18(20(34-2)21(19)35-3)15-27-11-13-28(14-12-27)16-24-23(26-29(31)32)25-22(30)17-7-5-4-6-8-17;/h4-10H,11-16H2,1-3H3,(H2,24,25,26,30);1H. The average molecular weight is 523 g/mol. The van der Waals surface area contributed by atoms with Gasteiger partial charge in [0.1, 0.15) is 0 Å². The van der Waals surface area contributed by atoms with E-state index in [-0.39, 0.29) is 25.0 Å². The third-order valence-corrected chi connectivity index (χ3v) is 5.54. The highest BCUT2D eigenvalue weighted by molar-refractivity contribution is 6.05. The third-order valence-electron chi connectivity index (χ3n) is 5.54. The fraction of sp³-hybridized carbons (Fsp3) is 0.391. The summed E-state index contributed by atoms with van der Waals surface area (Å²) in [7, 11) is 4.76. The fourth-order valence-corrected chi connectivity index (χ4v) is 3.75. The van der Waals surface area contributed by atoms with E-state index >= 15 is 0 Å². The van der Waals surface area contributed by atoms with Crippen LogP contribution in [0.4, 0.5) is 0 Å². The molecule has 3 rings (SSSR count). The van der Waals surface area contributed by atoms with Crippen molar-refractivity contribution in [1.29, 1.82) is 0 Å². The molecule has 1 amide bonds. The Morgan fingerprint density at radius 2 is 1.61 bits per heavy atom. The number of halogens is 1. The van der Waals surface area contributed by atoms with Gasteiger partial charge in [-0.1, -0.05) is 29.7 Å². The Bertz CT molecular complexity index is 1050. The zero-order chi connectivity index (χ0) is 25.2. The van der Waals surface area contributed by atoms with Crippen LogP contribution < -0.4 is 25.0 Å². The van der Waals surface area contributed by atoms with Crippen molar-refractivity contribution >= 4 is 24.3 Å². The lowest BCUT2D eigenvalue weighted by molar-refractivity contribution is -0.525. The zero-order valence-corrected chi connectivity index (χ0v) is 21.2. The molecule has 2 N–H and O–H groups in total. The second kappa shape index (κ2) is 14.1. The van der Waals surface area contributed by atoms with Gasteiger partial charge >= 0.3 is 0 Å². The predicted octanol–water partition coefficient (Wildman–Crippen LogP) is 1.78. The van der Waals surface area contributed by atoms with Crippen molar-refractivity contribution in [3.63, 3.8) is 0 Å². The smallest absolute Gasteiger partial charge is 0.262 e. The van der Waals surface area contributed by atoms with Crippen LogP contribution in [0.5, 0.6) is 17.2 Å². The Labute approximate surface area is 215 Å². The van der Waals surface area contributed by atoms with Crippen molar-refractivity contribution in [2.75, 3.05) is 54.2 Å². The number of rotatable bonds is 9. The van der Waals surface area contributed by atoms with E-state index in [4.69, 9.17) is 14.2 Å². The van der Waals surface area contributed by atoms with Crippen LogP contribution in [0.2, 0.25) is 0 Å². The third kappa shape index (κ3) is 7.70. The van der Waals surface area contributed by atoms with Crippen LogP contribution >= 0.6 is 12.4 Å². The maximum atomic E-state index is 12.3. The first kappa shape index (κ1) is 28.6. The highest BCUT2D eigenvalue weighted by atomic mass is 35.5. The Morgan fingerprint density at radius 1 is 0.972 bits per heavy atom. The van der Waals surface area contributed by atoms with Crippen molar-refractivity contribution in [3.05, 3.63) is 63.7 Å². The number of carbonyl (C=O) groups excluding carboxylic acids is 1. The van der Waals surface area contributed by atoms with Gasteiger partial charge in [-0.3, -0.25) is 19.9 Å². The van der Waals surface area contributed by atoms with Crippen LogP contribution in [-0.2, 0) is 6.54 Å². The van der Waals surface area contributed by atoms with Gasteiger partial charge in [0, 0.05) is 43.9 Å². The average Bonchev–Trinajstić information content (AvgIpc) is 2.87. The Balaban J connectivity index is 0.00000456. The minimum Gasteiger partial charge on any atom is -0.493 e. The number of carbonyl (C=O) groups is 1. The van der Waals surface area contributed by atoms with Gasteiger partial charge in [-0.25, -0.2) is 15.1 Å². The zero-order valence-electron chi connectivity index (χ0n) is 20.4. The van der Waals surface area contributed by atoms with E-state index in [1.165, 1.54) is 0 Å². The van der Waals surface area contributed by atoms with Crippen LogP contribution in [0, 0.1) is 10.1 Å². The summed E-state index contributed by atoms with van der Waals surface area (Å²) in [5.74, 6) is 1.12. The summed E-state index contributed by atoms with van der Waals surface area (Å²) in [6.45, 7) is 3.82. The molecule has 0 saturated carbocycles. The molecule has 0 aromatic heterocycles. The number of guanidine groups is 1. The van der Waals surface area contributed by atoms with Crippen molar-refractivity contribution in [3.8, 4) is 17.2 Å². The number of piperazine rings is 1. The molecule has 196 valence electrons. The van der Waals surface area contributed by atoms with Crippen molar-refractivity contribution < 1.29 is 24.0 Å². The monoisotopic (exact) mass is 522 g/mol. The second-order valence-electron chi connectivity index (χ2n) is 7.72. The Kier molecular flexibility index (Phi) is 11.2. The molecule has 13 heteroatoms. The molecule has 0 atom stereocenters. The van der Waals surface area contributed by atoms with E-state index < -0.39 is 10.9 Å². The van der Waals surface area contributed by atoms with Gasteiger partial charge in [-0.05, 0) is 18.2 Å². The van der Waals surface area contributed by atoms with Crippen LogP contribution in [0.1, 0.15) is 15.9 Å². The molecular formula is C23H31ClN6O6. The summed E-state index contributed by atoms with van der Waals surface area (Å²) in [4.78, 5) is 31.8. The first-order valence-corrected chi connectivity index (χ1v) is 11.0. The SMILES string of the molecule is COc1ccc(CN2CCN(CN=C(NC(=O)c3ccccc3)N[N+](=O)[O-])CC2)c(OC)c1OC.Cl. The number of hydrogen-bond donors (Lipinski definition) is 2. The summed E-state index contributed by atoms with van der Waals surface area (Å²) in [5, 5.41) is 12.7. The van der Waals surface area contributed by atoms with E-state index in [1.54, 1.807) is 51.7 Å². The van der Waals surface area contributed by atoms with Gasteiger partial charge < -0.3 is 14.2 Å². The van der Waals surface area contributed by atoms with Gasteiger partial charge in [0.25, 0.3) is 11.9 Å². The van der Waals surface area contributed by atoms with Gasteiger partial charge in [0.15, 0.2) is 16.5 Å². The van der Waals surface area contributed by atoms with E-state index in [9.17, 15) is 14.9 Å². The van der Waals surface area contributed by atoms with Crippen molar-refractivity contribution in [1.82, 2.24) is 20.5 Å². The van der Waals surface area contributed by atoms with Crippen LogP contribution in [0.25, 0.3) is 0 Å². The molecule has 12 nitrogen and oxygen atoms in total. The predicted molar refractivity (Wildman–Crippen MR) is 137 cm³/mol. The first-order valence-electron chi connectivity index (χ1n) is 11.0. The Morgan fingerprint density at radius 3 is 2.19 bits per heavy atom. The van der Waals surface area contributed by atoms with Crippen LogP contribution in [-0.4, -0.2) is 80.9 Å². The van der Waals surface area contributed by atoms with E-state index in [0.717, 1.165) is 18.7 Å². The molecule has 0 bridgehead atoms. The number of hydrazine groups is 1. The van der Waals surface area contributed by atoms with Gasteiger partial charge in [-0.15, -0.1) is 12.4 Å². The molecule has 0 spiro atoms. The molecule has 1 saturated heterocycles. The van der Waals surface area contributed by atoms with Crippen molar-refractivity contribution in [2.24, 2.45) is 4.99 Å². The number of aliphatic imine (C=N–C) groups is 1. The first-order chi connectivity index (χ1) is 16.9. The van der Waals surface area contributed by atoms with E-state index in [1.807, 2.05) is 17.6 Å². The molecule has 36 heavy (non-hydrogen) atoms. The number of amides is 1. The molecule has 0 unspecified atom stereocenters. The topological polar surface area (TPSA) is 131 Å². The van der Waals surface area contributed by atoms with E-state index in [0.29, 0.717) is 42.4 Å². The number of methoxy groups -OCH3 is 3. The highest BCUT2D eigenvalue weighted by Crippen LogP contribution is 2.40. The van der Waals surface area contributed by atoms with Crippen LogP contribution in [0.3, 0.4) is 0 Å². The van der Waals surface area contributed by atoms with Gasteiger partial charge in [0.05, 0.1) is 28.0 Å². The number of ether oxygens (including phenoxy) is 3. The molecule has 1 heterocycles. The summed E-state index contributed by atoms with van der Waals surface area (Å²) in [6.07, 6.45) is 0. The molecule has 1 aliphatic heterocycles. The summed E-state index contributed by atoms with van der Waals surface area (Å²) in [5.41, 5.74) is 3.32. The van der Waals surface area contributed by atoms with Crippen LogP contribution in [0.15, 0.2) is 47.5 Å². The molecular weight excluding hydrogens is 492 g/mol. The molecule has 2 aromatic carbocycles. The lowest BCUT2D eigenvalue weighted by atomic mass is 10.1. The maximum absolute atomic E-state index is 12.3. The lowest BCUT2D eigenvalue weighted by Crippen LogP contribution is -2.47. The largest absolute Gasteiger partial charge is 0.493 e. The number of nitro groups is 1. The number of nitrogens with one attached hydrogen (secondary N) is 2. The van der Waals surface area contributed by atoms with Gasteiger partial charge in [0.2, 0.25) is 5.75 Å². The number of hydrogen-bond acceptors (Lipinski definition) is 9. The molecule has 1 aliphatic rings.